The average molecular weight is 285 g/mol. The summed E-state index contributed by atoms with van der Waals surface area (Å²) in [7, 11) is 0. The molecule has 2 unspecified atom stereocenters. The van der Waals surface area contributed by atoms with E-state index in [0.29, 0.717) is 17.7 Å². The third kappa shape index (κ3) is 2.00. The van der Waals surface area contributed by atoms with E-state index in [9.17, 15) is 8.94 Å². The fourth-order valence-electron chi connectivity index (χ4n) is 2.14. The van der Waals surface area contributed by atoms with Crippen molar-refractivity contribution in [1.82, 2.24) is 0 Å². The van der Waals surface area contributed by atoms with Crippen molar-refractivity contribution < 1.29 is 8.94 Å². The van der Waals surface area contributed by atoms with Gasteiger partial charge in [-0.1, -0.05) is 0 Å². The molecule has 0 radical (unpaired) electrons. The molecule has 1 aromatic carbocycles. The Labute approximate surface area is 101 Å². The van der Waals surface area contributed by atoms with Gasteiger partial charge in [-0.25, -0.2) is 0 Å². The zero-order valence-corrected chi connectivity index (χ0v) is 11.5. The van der Waals surface area contributed by atoms with Crippen LogP contribution in [0.25, 0.3) is 0 Å². The van der Waals surface area contributed by atoms with Crippen molar-refractivity contribution in [3.05, 3.63) is 35.4 Å². The van der Waals surface area contributed by atoms with Crippen LogP contribution < -0.4 is 0 Å². The number of aliphatic hydroxyl groups is 1. The minimum absolute atomic E-state index is 0.538. The van der Waals surface area contributed by atoms with Crippen molar-refractivity contribution in [3.8, 4) is 0 Å². The van der Waals surface area contributed by atoms with Crippen LogP contribution in [-0.4, -0.2) is 18.9 Å². The third-order valence-corrected chi connectivity index (χ3v) is 6.83. The molecule has 0 saturated heterocycles. The first kappa shape index (κ1) is 12.0. The molecule has 2 rings (SSSR count). The molecule has 16 heavy (non-hydrogen) atoms. The first-order valence-electron chi connectivity index (χ1n) is 5.73. The van der Waals surface area contributed by atoms with Crippen LogP contribution in [0.15, 0.2) is 24.3 Å². The van der Waals surface area contributed by atoms with Crippen LogP contribution in [0.3, 0.4) is 0 Å². The van der Waals surface area contributed by atoms with E-state index in [0.717, 1.165) is 17.5 Å². The minimum atomic E-state index is -2.18. The summed E-state index contributed by atoms with van der Waals surface area (Å²) in [4.78, 5) is 0. The van der Waals surface area contributed by atoms with Gasteiger partial charge in [-0.2, -0.15) is 0 Å². The number of rotatable bonds is 3. The van der Waals surface area contributed by atoms with E-state index in [-0.39, 0.29) is 0 Å². The van der Waals surface area contributed by atoms with Crippen LogP contribution in [0.2, 0.25) is 0 Å². The van der Waals surface area contributed by atoms with Gasteiger partial charge in [0.05, 0.1) is 0 Å². The number of fused-ring (bicyclic) bond motifs is 1. The molecule has 0 aromatic heterocycles. The van der Waals surface area contributed by atoms with Gasteiger partial charge >= 0.3 is 101 Å². The molecule has 1 N–H and O–H groups in total. The summed E-state index contributed by atoms with van der Waals surface area (Å²) < 4.78 is 11.1. The molecule has 0 amide bonds. The van der Waals surface area contributed by atoms with E-state index >= 15 is 0 Å². The molecule has 88 valence electrons. The fourth-order valence-corrected chi connectivity index (χ4v) is 5.42. The van der Waals surface area contributed by atoms with Crippen LogP contribution in [-0.2, 0) is 13.7 Å². The number of benzene rings is 1. The Morgan fingerprint density at radius 3 is 2.81 bits per heavy atom. The van der Waals surface area contributed by atoms with Gasteiger partial charge in [-0.3, -0.25) is 0 Å². The second-order valence-corrected chi connectivity index (χ2v) is 8.34. The van der Waals surface area contributed by atoms with Crippen molar-refractivity contribution in [2.24, 2.45) is 5.92 Å². The molecular weight excluding hydrogens is 267 g/mol. The van der Waals surface area contributed by atoms with Crippen LogP contribution >= 0.6 is 0 Å². The van der Waals surface area contributed by atoms with E-state index in [1.807, 2.05) is 24.3 Å². The van der Waals surface area contributed by atoms with Crippen molar-refractivity contribution in [3.63, 3.8) is 0 Å². The van der Waals surface area contributed by atoms with E-state index in [1.54, 1.807) is 0 Å². The topological polar surface area (TPSA) is 37.3 Å². The summed E-state index contributed by atoms with van der Waals surface area (Å²) in [6.45, 7) is 4.26. The molecule has 0 saturated carbocycles. The number of hydrogen-bond acceptors (Lipinski definition) is 2. The first-order chi connectivity index (χ1) is 7.54. The summed E-state index contributed by atoms with van der Waals surface area (Å²) in [5.41, 5.74) is 1.99. The molecule has 0 aliphatic carbocycles. The SMILES string of the molecule is CC(C)CCC1(O)c2ccccc2C[Se]1=O. The van der Waals surface area contributed by atoms with Gasteiger partial charge in [0.2, 0.25) is 0 Å². The van der Waals surface area contributed by atoms with Crippen molar-refractivity contribution in [2.75, 3.05) is 0 Å². The summed E-state index contributed by atoms with van der Waals surface area (Å²) >= 11 is -2.18. The van der Waals surface area contributed by atoms with Crippen molar-refractivity contribution in [1.29, 1.82) is 0 Å². The van der Waals surface area contributed by atoms with Gasteiger partial charge in [0.25, 0.3) is 0 Å². The molecule has 1 heterocycles. The predicted octanol–water partition coefficient (Wildman–Crippen LogP) is 2.37. The molecule has 1 aliphatic heterocycles. The van der Waals surface area contributed by atoms with Crippen LogP contribution in [0.5, 0.6) is 0 Å². The van der Waals surface area contributed by atoms with Crippen LogP contribution in [0.4, 0.5) is 0 Å². The molecule has 1 aromatic rings. The molecule has 0 fully saturated rings. The third-order valence-electron chi connectivity index (χ3n) is 3.16. The van der Waals surface area contributed by atoms with E-state index in [4.69, 9.17) is 0 Å². The summed E-state index contributed by atoms with van der Waals surface area (Å²) in [5.74, 6) is 0.538. The second-order valence-electron chi connectivity index (χ2n) is 4.86. The molecule has 0 bridgehead atoms. The average Bonchev–Trinajstić information content (AvgIpc) is 2.50. The fraction of sp³-hybridized carbons (Fsp3) is 0.538. The zero-order valence-electron chi connectivity index (χ0n) is 9.77. The second kappa shape index (κ2) is 4.40. The standard InChI is InChI=1S/C13H18O2Se/c1-10(2)7-8-13(14)12-6-4-3-5-11(12)9-16(13)15/h3-6,10,14H,7-9H2,1-2H3. The predicted molar refractivity (Wildman–Crippen MR) is 64.6 cm³/mol. The Balaban J connectivity index is 2.30. The van der Waals surface area contributed by atoms with Gasteiger partial charge in [-0.15, -0.1) is 0 Å². The maximum absolute atomic E-state index is 12.1. The van der Waals surface area contributed by atoms with Gasteiger partial charge in [0, 0.05) is 0 Å². The van der Waals surface area contributed by atoms with Gasteiger partial charge < -0.3 is 0 Å². The molecule has 0 spiro atoms. The Kier molecular flexibility index (Phi) is 3.29. The summed E-state index contributed by atoms with van der Waals surface area (Å²) in [6.07, 6.45) is 1.56. The Morgan fingerprint density at radius 1 is 1.44 bits per heavy atom. The van der Waals surface area contributed by atoms with Crippen LogP contribution in [0.1, 0.15) is 37.8 Å². The zero-order chi connectivity index (χ0) is 11.8. The van der Waals surface area contributed by atoms with Gasteiger partial charge in [0.15, 0.2) is 0 Å². The molecular formula is C13H18O2Se. The van der Waals surface area contributed by atoms with E-state index < -0.39 is 18.3 Å². The molecule has 2 nitrogen and oxygen atoms in total. The Morgan fingerprint density at radius 2 is 2.12 bits per heavy atom. The van der Waals surface area contributed by atoms with Gasteiger partial charge in [-0.05, 0) is 0 Å². The van der Waals surface area contributed by atoms with E-state index in [2.05, 4.69) is 13.8 Å². The normalized spacial score (nSPS) is 28.4. The summed E-state index contributed by atoms with van der Waals surface area (Å²) in [5, 5.41) is 11.2. The molecule has 3 heteroatoms. The monoisotopic (exact) mass is 286 g/mol. The maximum atomic E-state index is 12.1. The molecule has 2 atom stereocenters. The van der Waals surface area contributed by atoms with Gasteiger partial charge in [0.1, 0.15) is 0 Å². The van der Waals surface area contributed by atoms with Crippen LogP contribution in [0, 0.1) is 5.92 Å². The van der Waals surface area contributed by atoms with Crippen molar-refractivity contribution >= 4 is 13.8 Å². The Hall–Kier alpha value is -0.501. The summed E-state index contributed by atoms with van der Waals surface area (Å²) in [6, 6.07) is 7.78. The van der Waals surface area contributed by atoms with E-state index in [1.165, 1.54) is 0 Å². The first-order valence-corrected chi connectivity index (χ1v) is 8.50. The molecule has 1 aliphatic rings. The quantitative estimate of drug-likeness (QED) is 0.866. The van der Waals surface area contributed by atoms with Crippen molar-refractivity contribution in [2.45, 2.75) is 36.5 Å². The Bertz CT molecular complexity index is 414. The number of hydrogen-bond donors (Lipinski definition) is 1.